The first-order valence-corrected chi connectivity index (χ1v) is 8.99. The van der Waals surface area contributed by atoms with Crippen molar-refractivity contribution in [2.45, 2.75) is 32.2 Å². The zero-order valence-corrected chi connectivity index (χ0v) is 15.4. The van der Waals surface area contributed by atoms with E-state index in [9.17, 15) is 18.8 Å². The van der Waals surface area contributed by atoms with E-state index in [1.54, 1.807) is 19.1 Å². The zero-order chi connectivity index (χ0) is 20.3. The van der Waals surface area contributed by atoms with Gasteiger partial charge < -0.3 is 16.0 Å². The van der Waals surface area contributed by atoms with Crippen molar-refractivity contribution in [1.82, 2.24) is 9.88 Å². The van der Waals surface area contributed by atoms with Gasteiger partial charge in [0, 0.05) is 12.7 Å². The van der Waals surface area contributed by atoms with Gasteiger partial charge in [-0.2, -0.15) is 0 Å². The van der Waals surface area contributed by atoms with Gasteiger partial charge in [-0.05, 0) is 49.4 Å². The van der Waals surface area contributed by atoms with Crippen LogP contribution in [-0.2, 0) is 9.59 Å². The lowest BCUT2D eigenvalue weighted by Crippen LogP contribution is -2.44. The van der Waals surface area contributed by atoms with E-state index >= 15 is 0 Å². The smallest absolute Gasteiger partial charge is 0.313 e. The molecular formula is C20H21FN4O3. The molecule has 3 N–H and O–H groups in total. The summed E-state index contributed by atoms with van der Waals surface area (Å²) in [6, 6.07) is 5.86. The van der Waals surface area contributed by atoms with Crippen LogP contribution < -0.4 is 11.1 Å². The lowest BCUT2D eigenvalue weighted by atomic mass is 9.94. The highest BCUT2D eigenvalue weighted by Crippen LogP contribution is 2.32. The van der Waals surface area contributed by atoms with Crippen molar-refractivity contribution in [2.75, 3.05) is 11.9 Å². The molecule has 1 saturated heterocycles. The monoisotopic (exact) mass is 384 g/mol. The first kappa shape index (κ1) is 19.5. The second-order valence-electron chi connectivity index (χ2n) is 6.80. The SMILES string of the molecule is Cc1ccc([C@@H]2CCCCN2C(=O)C(=O)Nc2cncc(C(N)=O)c2)cc1F. The maximum atomic E-state index is 14.0. The Balaban J connectivity index is 1.78. The number of likely N-dealkylation sites (tertiary alicyclic amines) is 1. The van der Waals surface area contributed by atoms with Crippen molar-refractivity contribution >= 4 is 23.4 Å². The average Bonchev–Trinajstić information content (AvgIpc) is 2.69. The summed E-state index contributed by atoms with van der Waals surface area (Å²) in [4.78, 5) is 41.8. The molecule has 0 unspecified atom stereocenters. The Morgan fingerprint density at radius 3 is 2.71 bits per heavy atom. The van der Waals surface area contributed by atoms with Gasteiger partial charge in [-0.25, -0.2) is 4.39 Å². The number of rotatable bonds is 3. The van der Waals surface area contributed by atoms with Crippen molar-refractivity contribution in [3.8, 4) is 0 Å². The molecule has 146 valence electrons. The molecule has 1 aromatic heterocycles. The quantitative estimate of drug-likeness (QED) is 0.792. The number of piperidine rings is 1. The second kappa shape index (κ2) is 8.16. The number of amides is 3. The third kappa shape index (κ3) is 4.16. The van der Waals surface area contributed by atoms with Crippen LogP contribution in [-0.4, -0.2) is 34.2 Å². The van der Waals surface area contributed by atoms with Gasteiger partial charge in [0.05, 0.1) is 23.5 Å². The van der Waals surface area contributed by atoms with Crippen LogP contribution in [0.1, 0.15) is 46.8 Å². The second-order valence-corrected chi connectivity index (χ2v) is 6.80. The summed E-state index contributed by atoms with van der Waals surface area (Å²) in [5.74, 6) is -2.58. The first-order valence-electron chi connectivity index (χ1n) is 8.99. The number of carbonyl (C=O) groups excluding carboxylic acids is 3. The van der Waals surface area contributed by atoms with Crippen LogP contribution in [0.2, 0.25) is 0 Å². The molecule has 2 heterocycles. The normalized spacial score (nSPS) is 16.5. The summed E-state index contributed by atoms with van der Waals surface area (Å²) in [6.07, 6.45) is 4.89. The number of nitrogens with one attached hydrogen (secondary N) is 1. The van der Waals surface area contributed by atoms with E-state index in [-0.39, 0.29) is 23.1 Å². The van der Waals surface area contributed by atoms with E-state index in [1.165, 1.54) is 29.4 Å². The molecule has 7 nitrogen and oxygen atoms in total. The Bertz CT molecular complexity index is 931. The number of anilines is 1. The van der Waals surface area contributed by atoms with Crippen molar-refractivity contribution in [3.05, 3.63) is 59.2 Å². The van der Waals surface area contributed by atoms with E-state index in [4.69, 9.17) is 5.73 Å². The van der Waals surface area contributed by atoms with E-state index in [0.717, 1.165) is 12.8 Å². The number of aromatic nitrogens is 1. The molecule has 8 heteroatoms. The Labute approximate surface area is 161 Å². The van der Waals surface area contributed by atoms with Crippen molar-refractivity contribution in [1.29, 1.82) is 0 Å². The fraction of sp³-hybridized carbons (Fsp3) is 0.300. The standard InChI is InChI=1S/C20H21FN4O3/c1-12-5-6-13(9-16(12)21)17-4-2-3-7-25(17)20(28)19(27)24-15-8-14(18(22)26)10-23-11-15/h5-6,8-11,17H,2-4,7H2,1H3,(H2,22,26)(H,24,27)/t17-/m0/s1. The third-order valence-electron chi connectivity index (χ3n) is 4.82. The number of primary amides is 1. The molecule has 1 atom stereocenters. The Hall–Kier alpha value is -3.29. The largest absolute Gasteiger partial charge is 0.366 e. The van der Waals surface area contributed by atoms with Crippen LogP contribution in [0.15, 0.2) is 36.7 Å². The summed E-state index contributed by atoms with van der Waals surface area (Å²) in [5, 5.41) is 2.45. The third-order valence-corrected chi connectivity index (χ3v) is 4.82. The van der Waals surface area contributed by atoms with Crippen LogP contribution in [0.3, 0.4) is 0 Å². The Morgan fingerprint density at radius 1 is 1.21 bits per heavy atom. The van der Waals surface area contributed by atoms with Gasteiger partial charge in [0.2, 0.25) is 5.91 Å². The molecule has 28 heavy (non-hydrogen) atoms. The topological polar surface area (TPSA) is 105 Å². The molecular weight excluding hydrogens is 363 g/mol. The molecule has 3 amide bonds. The van der Waals surface area contributed by atoms with Gasteiger partial charge in [0.15, 0.2) is 0 Å². The summed E-state index contributed by atoms with van der Waals surface area (Å²) >= 11 is 0. The lowest BCUT2D eigenvalue weighted by molar-refractivity contribution is -0.145. The molecule has 0 saturated carbocycles. The number of benzene rings is 1. The van der Waals surface area contributed by atoms with Gasteiger partial charge >= 0.3 is 11.8 Å². The number of hydrogen-bond donors (Lipinski definition) is 2. The molecule has 1 fully saturated rings. The summed E-state index contributed by atoms with van der Waals surface area (Å²) in [5.41, 5.74) is 6.71. The predicted octanol–water partition coefficient (Wildman–Crippen LogP) is 2.32. The van der Waals surface area contributed by atoms with Crippen molar-refractivity contribution < 1.29 is 18.8 Å². The molecule has 0 aliphatic carbocycles. The Morgan fingerprint density at radius 2 is 2.00 bits per heavy atom. The van der Waals surface area contributed by atoms with Gasteiger partial charge in [0.25, 0.3) is 0 Å². The lowest BCUT2D eigenvalue weighted by Gasteiger charge is -2.35. The molecule has 1 aliphatic rings. The van der Waals surface area contributed by atoms with Crippen LogP contribution in [0.4, 0.5) is 10.1 Å². The van der Waals surface area contributed by atoms with Crippen LogP contribution in [0, 0.1) is 12.7 Å². The van der Waals surface area contributed by atoms with E-state index in [1.807, 2.05) is 0 Å². The van der Waals surface area contributed by atoms with Crippen LogP contribution >= 0.6 is 0 Å². The van der Waals surface area contributed by atoms with Gasteiger partial charge in [0.1, 0.15) is 5.82 Å². The highest BCUT2D eigenvalue weighted by Gasteiger charge is 2.32. The first-order chi connectivity index (χ1) is 13.4. The van der Waals surface area contributed by atoms with Crippen LogP contribution in [0.5, 0.6) is 0 Å². The fourth-order valence-electron chi connectivity index (χ4n) is 3.30. The average molecular weight is 384 g/mol. The number of pyridine rings is 1. The molecule has 0 radical (unpaired) electrons. The molecule has 0 bridgehead atoms. The maximum Gasteiger partial charge on any atom is 0.313 e. The maximum absolute atomic E-state index is 14.0. The zero-order valence-electron chi connectivity index (χ0n) is 15.4. The number of hydrogen-bond acceptors (Lipinski definition) is 4. The van der Waals surface area contributed by atoms with E-state index in [2.05, 4.69) is 10.3 Å². The van der Waals surface area contributed by atoms with Crippen molar-refractivity contribution in [2.24, 2.45) is 5.73 Å². The number of aryl methyl sites for hydroxylation is 1. The number of carbonyl (C=O) groups is 3. The van der Waals surface area contributed by atoms with Gasteiger partial charge in [-0.3, -0.25) is 19.4 Å². The highest BCUT2D eigenvalue weighted by atomic mass is 19.1. The number of nitrogens with two attached hydrogens (primary N) is 1. The minimum absolute atomic E-state index is 0.122. The van der Waals surface area contributed by atoms with E-state index in [0.29, 0.717) is 24.1 Å². The summed E-state index contributed by atoms with van der Waals surface area (Å²) < 4.78 is 14.0. The highest BCUT2D eigenvalue weighted by molar-refractivity contribution is 6.39. The molecule has 0 spiro atoms. The van der Waals surface area contributed by atoms with Gasteiger partial charge in [-0.1, -0.05) is 12.1 Å². The summed E-state index contributed by atoms with van der Waals surface area (Å²) in [7, 11) is 0. The molecule has 3 rings (SSSR count). The molecule has 1 aromatic carbocycles. The fourth-order valence-corrected chi connectivity index (χ4v) is 3.30. The van der Waals surface area contributed by atoms with E-state index < -0.39 is 17.7 Å². The molecule has 2 aromatic rings. The van der Waals surface area contributed by atoms with Gasteiger partial charge in [-0.15, -0.1) is 0 Å². The summed E-state index contributed by atoms with van der Waals surface area (Å²) in [6.45, 7) is 2.08. The molecule has 1 aliphatic heterocycles. The Kier molecular flexibility index (Phi) is 5.67. The minimum atomic E-state index is -0.845. The number of nitrogens with zero attached hydrogens (tertiary/aromatic N) is 2. The minimum Gasteiger partial charge on any atom is -0.366 e. The number of halogens is 1. The van der Waals surface area contributed by atoms with Crippen LogP contribution in [0.25, 0.3) is 0 Å². The predicted molar refractivity (Wildman–Crippen MR) is 101 cm³/mol. The van der Waals surface area contributed by atoms with Crippen molar-refractivity contribution in [3.63, 3.8) is 0 Å².